The van der Waals surface area contributed by atoms with Crippen molar-refractivity contribution in [2.24, 2.45) is 4.99 Å². The maximum Gasteiger partial charge on any atom is 0.239 e. The Morgan fingerprint density at radius 1 is 1.03 bits per heavy atom. The molecule has 7 nitrogen and oxygen atoms in total. The van der Waals surface area contributed by atoms with E-state index in [4.69, 9.17) is 11.6 Å². The van der Waals surface area contributed by atoms with Crippen molar-refractivity contribution in [2.45, 2.75) is 6.54 Å². The smallest absolute Gasteiger partial charge is 0.239 e. The Morgan fingerprint density at radius 2 is 1.75 bits per heavy atom. The van der Waals surface area contributed by atoms with Crippen molar-refractivity contribution in [3.63, 3.8) is 0 Å². The first-order valence-corrected chi connectivity index (χ1v) is 11.1. The van der Waals surface area contributed by atoms with Crippen LogP contribution in [0, 0.1) is 0 Å². The molecule has 1 amide bonds. The van der Waals surface area contributed by atoms with Gasteiger partial charge in [-0.15, -0.1) is 24.0 Å². The van der Waals surface area contributed by atoms with Crippen molar-refractivity contribution < 1.29 is 4.79 Å². The van der Waals surface area contributed by atoms with Gasteiger partial charge in [-0.25, -0.2) is 0 Å². The van der Waals surface area contributed by atoms with Gasteiger partial charge in [0.25, 0.3) is 0 Å². The number of para-hydroxylation sites is 1. The van der Waals surface area contributed by atoms with Gasteiger partial charge in [0.05, 0.1) is 17.3 Å². The zero-order chi connectivity index (χ0) is 21.6. The zero-order valence-corrected chi connectivity index (χ0v) is 21.3. The molecule has 2 fully saturated rings. The highest BCUT2D eigenvalue weighted by Gasteiger charge is 2.21. The number of benzene rings is 2. The number of carbonyl (C=O) groups excluding carboxylic acids is 1. The molecule has 0 atom stereocenters. The number of guanidine groups is 1. The molecule has 0 aliphatic carbocycles. The lowest BCUT2D eigenvalue weighted by Gasteiger charge is -2.38. The summed E-state index contributed by atoms with van der Waals surface area (Å²) in [6.45, 7) is 6.26. The first-order valence-electron chi connectivity index (χ1n) is 10.7. The average molecular weight is 569 g/mol. The molecular weight excluding hydrogens is 539 g/mol. The van der Waals surface area contributed by atoms with Gasteiger partial charge in [0.1, 0.15) is 0 Å². The predicted octanol–water partition coefficient (Wildman–Crippen LogP) is 2.79. The van der Waals surface area contributed by atoms with E-state index in [1.165, 1.54) is 5.56 Å². The first-order chi connectivity index (χ1) is 15.1. The van der Waals surface area contributed by atoms with E-state index in [1.807, 2.05) is 25.2 Å². The van der Waals surface area contributed by atoms with Gasteiger partial charge < -0.3 is 25.3 Å². The van der Waals surface area contributed by atoms with Gasteiger partial charge >= 0.3 is 0 Å². The maximum atomic E-state index is 11.6. The normalized spacial score (nSPS) is 17.0. The predicted molar refractivity (Wildman–Crippen MR) is 143 cm³/mol. The van der Waals surface area contributed by atoms with E-state index in [1.54, 1.807) is 0 Å². The van der Waals surface area contributed by atoms with Crippen molar-refractivity contribution in [1.82, 2.24) is 15.5 Å². The molecule has 32 heavy (non-hydrogen) atoms. The second-order valence-corrected chi connectivity index (χ2v) is 8.17. The number of nitrogens with one attached hydrogen (secondary N) is 2. The number of hydrogen-bond acceptors (Lipinski definition) is 4. The van der Waals surface area contributed by atoms with Gasteiger partial charge in [-0.3, -0.25) is 9.79 Å². The van der Waals surface area contributed by atoms with E-state index < -0.39 is 0 Å². The summed E-state index contributed by atoms with van der Waals surface area (Å²) < 4.78 is 0. The molecule has 0 unspecified atom stereocenters. The highest BCUT2D eigenvalue weighted by Crippen LogP contribution is 2.26. The fourth-order valence-electron chi connectivity index (χ4n) is 4.06. The topological polar surface area (TPSA) is 63.2 Å². The van der Waals surface area contributed by atoms with Gasteiger partial charge in [0.15, 0.2) is 5.96 Å². The van der Waals surface area contributed by atoms with Crippen molar-refractivity contribution in [3.05, 3.63) is 59.1 Å². The number of aliphatic imine (C=N–C) groups is 1. The highest BCUT2D eigenvalue weighted by molar-refractivity contribution is 14.0. The van der Waals surface area contributed by atoms with Gasteiger partial charge in [0.2, 0.25) is 5.91 Å². The number of amides is 1. The Hall–Kier alpha value is -2.20. The molecule has 2 aromatic rings. The number of nitrogens with zero attached hydrogens (tertiary/aromatic N) is 4. The average Bonchev–Trinajstić information content (AvgIpc) is 2.81. The molecule has 0 bridgehead atoms. The summed E-state index contributed by atoms with van der Waals surface area (Å²) in [4.78, 5) is 22.8. The largest absolute Gasteiger partial charge is 0.367 e. The summed E-state index contributed by atoms with van der Waals surface area (Å²) in [5.41, 5.74) is 3.36. The minimum Gasteiger partial charge on any atom is -0.367 e. The van der Waals surface area contributed by atoms with Gasteiger partial charge in [-0.2, -0.15) is 0 Å². The second kappa shape index (κ2) is 11.6. The lowest BCUT2D eigenvalue weighted by molar-refractivity contribution is -0.120. The monoisotopic (exact) mass is 568 g/mol. The number of rotatable bonds is 4. The van der Waals surface area contributed by atoms with Crippen LogP contribution in [-0.4, -0.2) is 69.6 Å². The van der Waals surface area contributed by atoms with E-state index in [0.29, 0.717) is 19.6 Å². The SMILES string of the molecule is CN=C(NCc1ccc(N2CCNC(=O)C2)cc1)N1CCN(c2ccccc2Cl)CC1.I. The third kappa shape index (κ3) is 5.98. The molecule has 2 N–H and O–H groups in total. The standard InChI is InChI=1S/C23H29ClN6O.HI/c1-25-23(29-14-12-28(13-15-29)21-5-3-2-4-20(21)24)27-16-18-6-8-19(9-7-18)30-11-10-26-22(31)17-30;/h2-9H,10-17H2,1H3,(H,25,27)(H,26,31);1H. The quantitative estimate of drug-likeness (QED) is 0.338. The minimum absolute atomic E-state index is 0. The number of halogens is 2. The van der Waals surface area contributed by atoms with Crippen LogP contribution in [0.1, 0.15) is 5.56 Å². The molecule has 2 aliphatic rings. The van der Waals surface area contributed by atoms with Gasteiger partial charge in [0, 0.05) is 58.5 Å². The third-order valence-electron chi connectivity index (χ3n) is 5.77. The number of carbonyl (C=O) groups is 1. The fraction of sp³-hybridized carbons (Fsp3) is 0.391. The van der Waals surface area contributed by atoms with Crippen LogP contribution in [0.3, 0.4) is 0 Å². The summed E-state index contributed by atoms with van der Waals surface area (Å²) in [5, 5.41) is 7.14. The van der Waals surface area contributed by atoms with Crippen molar-refractivity contribution in [1.29, 1.82) is 0 Å². The van der Waals surface area contributed by atoms with Gasteiger partial charge in [-0.1, -0.05) is 35.9 Å². The summed E-state index contributed by atoms with van der Waals surface area (Å²) >= 11 is 6.36. The summed E-state index contributed by atoms with van der Waals surface area (Å²) in [5.74, 6) is 0.992. The van der Waals surface area contributed by atoms with Crippen molar-refractivity contribution in [2.75, 3.05) is 62.7 Å². The Labute approximate surface area is 211 Å². The van der Waals surface area contributed by atoms with Crippen LogP contribution in [-0.2, 0) is 11.3 Å². The van der Waals surface area contributed by atoms with Crippen LogP contribution in [0.15, 0.2) is 53.5 Å². The van der Waals surface area contributed by atoms with Crippen LogP contribution in [0.5, 0.6) is 0 Å². The van der Waals surface area contributed by atoms with E-state index in [0.717, 1.165) is 55.1 Å². The van der Waals surface area contributed by atoms with Crippen LogP contribution in [0.25, 0.3) is 0 Å². The molecule has 4 rings (SSSR count). The Balaban J connectivity index is 0.00000289. The van der Waals surface area contributed by atoms with Crippen LogP contribution in [0.2, 0.25) is 5.02 Å². The molecule has 2 aromatic carbocycles. The summed E-state index contributed by atoms with van der Waals surface area (Å²) in [7, 11) is 1.83. The second-order valence-electron chi connectivity index (χ2n) is 7.76. The summed E-state index contributed by atoms with van der Waals surface area (Å²) in [6, 6.07) is 16.4. The Kier molecular flexibility index (Phi) is 8.86. The molecule has 9 heteroatoms. The number of hydrogen-bond donors (Lipinski definition) is 2. The van der Waals surface area contributed by atoms with Crippen molar-refractivity contribution in [3.8, 4) is 0 Å². The van der Waals surface area contributed by atoms with Crippen LogP contribution in [0.4, 0.5) is 11.4 Å². The highest BCUT2D eigenvalue weighted by atomic mass is 127. The molecule has 0 radical (unpaired) electrons. The van der Waals surface area contributed by atoms with Gasteiger partial charge in [-0.05, 0) is 29.8 Å². The fourth-order valence-corrected chi connectivity index (χ4v) is 4.32. The molecule has 0 aromatic heterocycles. The lowest BCUT2D eigenvalue weighted by Crippen LogP contribution is -2.52. The van der Waals surface area contributed by atoms with E-state index in [9.17, 15) is 4.79 Å². The third-order valence-corrected chi connectivity index (χ3v) is 6.09. The van der Waals surface area contributed by atoms with Crippen LogP contribution < -0.4 is 20.4 Å². The zero-order valence-electron chi connectivity index (χ0n) is 18.3. The van der Waals surface area contributed by atoms with Crippen molar-refractivity contribution >= 4 is 58.8 Å². The van der Waals surface area contributed by atoms with E-state index >= 15 is 0 Å². The molecule has 172 valence electrons. The van der Waals surface area contributed by atoms with Crippen LogP contribution >= 0.6 is 35.6 Å². The molecule has 0 saturated carbocycles. The molecule has 2 saturated heterocycles. The van der Waals surface area contributed by atoms with E-state index in [-0.39, 0.29) is 29.9 Å². The first kappa shape index (κ1) is 24.4. The Morgan fingerprint density at radius 3 is 2.41 bits per heavy atom. The lowest BCUT2D eigenvalue weighted by atomic mass is 10.2. The maximum absolute atomic E-state index is 11.6. The molecular formula is C23H30ClIN6O. The molecule has 2 aliphatic heterocycles. The molecule has 0 spiro atoms. The Bertz CT molecular complexity index is 930. The molecule has 2 heterocycles. The minimum atomic E-state index is 0. The number of anilines is 2. The number of piperazine rings is 2. The van der Waals surface area contributed by atoms with E-state index in [2.05, 4.69) is 60.7 Å². The summed E-state index contributed by atoms with van der Waals surface area (Å²) in [6.07, 6.45) is 0.